The van der Waals surface area contributed by atoms with E-state index in [4.69, 9.17) is 0 Å². The van der Waals surface area contributed by atoms with E-state index >= 15 is 0 Å². The molecule has 2 rings (SSSR count). The molecule has 0 fully saturated rings. The van der Waals surface area contributed by atoms with E-state index in [0.717, 1.165) is 22.1 Å². The first-order valence-corrected chi connectivity index (χ1v) is 7.63. The third kappa shape index (κ3) is 3.15. The van der Waals surface area contributed by atoms with E-state index in [-0.39, 0.29) is 6.04 Å². The fourth-order valence-corrected chi connectivity index (χ4v) is 3.24. The summed E-state index contributed by atoms with van der Waals surface area (Å²) in [6.45, 7) is 6.29. The van der Waals surface area contributed by atoms with Crippen molar-refractivity contribution in [2.24, 2.45) is 0 Å². The van der Waals surface area contributed by atoms with E-state index in [1.54, 1.807) is 6.07 Å². The van der Waals surface area contributed by atoms with Crippen molar-refractivity contribution < 1.29 is 5.11 Å². The number of hydrogen-bond donors (Lipinski definition) is 2. The third-order valence-electron chi connectivity index (χ3n) is 3.47. The summed E-state index contributed by atoms with van der Waals surface area (Å²) in [7, 11) is 0. The van der Waals surface area contributed by atoms with Gasteiger partial charge in [-0.25, -0.2) is 0 Å². The molecule has 0 spiro atoms. The van der Waals surface area contributed by atoms with Gasteiger partial charge in [0.2, 0.25) is 0 Å². The van der Waals surface area contributed by atoms with Gasteiger partial charge in [0, 0.05) is 10.0 Å². The largest absolute Gasteiger partial charge is 0.508 e. The summed E-state index contributed by atoms with van der Waals surface area (Å²) in [5.74, 6) is 0.340. The molecule has 0 bridgehead atoms. The fraction of sp³-hybridized carbons (Fsp3) is 0.294. The van der Waals surface area contributed by atoms with E-state index in [9.17, 15) is 5.11 Å². The van der Waals surface area contributed by atoms with Gasteiger partial charge in [-0.3, -0.25) is 0 Å². The lowest BCUT2D eigenvalue weighted by Crippen LogP contribution is -2.11. The van der Waals surface area contributed by atoms with E-state index in [1.807, 2.05) is 18.2 Å². The number of nitrogens with one attached hydrogen (secondary N) is 1. The van der Waals surface area contributed by atoms with Crippen molar-refractivity contribution in [2.45, 2.75) is 33.2 Å². The van der Waals surface area contributed by atoms with Crippen LogP contribution in [0.5, 0.6) is 5.75 Å². The van der Waals surface area contributed by atoms with Crippen molar-refractivity contribution in [1.82, 2.24) is 0 Å². The predicted octanol–water partition coefficient (Wildman–Crippen LogP) is 5.33. The molecule has 0 aliphatic rings. The first-order valence-electron chi connectivity index (χ1n) is 6.84. The third-order valence-corrected chi connectivity index (χ3v) is 4.10. The lowest BCUT2D eigenvalue weighted by Gasteiger charge is -2.22. The van der Waals surface area contributed by atoms with Gasteiger partial charge in [0.05, 0.1) is 11.7 Å². The average molecular weight is 334 g/mol. The second-order valence-electron chi connectivity index (χ2n) is 5.10. The minimum absolute atomic E-state index is 0.0916. The van der Waals surface area contributed by atoms with E-state index < -0.39 is 0 Å². The van der Waals surface area contributed by atoms with Gasteiger partial charge < -0.3 is 10.4 Å². The van der Waals surface area contributed by atoms with Gasteiger partial charge in [0.1, 0.15) is 5.75 Å². The number of benzene rings is 2. The van der Waals surface area contributed by atoms with E-state index in [0.29, 0.717) is 5.75 Å². The molecule has 2 nitrogen and oxygen atoms in total. The predicted molar refractivity (Wildman–Crippen MR) is 88.4 cm³/mol. The molecule has 0 saturated heterocycles. The molecule has 106 valence electrons. The van der Waals surface area contributed by atoms with Crippen molar-refractivity contribution in [3.05, 3.63) is 57.6 Å². The van der Waals surface area contributed by atoms with Gasteiger partial charge in [-0.2, -0.15) is 0 Å². The highest BCUT2D eigenvalue weighted by molar-refractivity contribution is 9.10. The quantitative estimate of drug-likeness (QED) is 0.791. The average Bonchev–Trinajstić information content (AvgIpc) is 2.39. The Morgan fingerprint density at radius 2 is 1.90 bits per heavy atom. The number of aromatic hydroxyl groups is 1. The normalized spacial score (nSPS) is 12.2. The Balaban J connectivity index is 2.35. The Morgan fingerprint density at radius 1 is 1.20 bits per heavy atom. The maximum atomic E-state index is 10.0. The van der Waals surface area contributed by atoms with Crippen LogP contribution in [0.4, 0.5) is 5.69 Å². The highest BCUT2D eigenvalue weighted by atomic mass is 79.9. The summed E-state index contributed by atoms with van der Waals surface area (Å²) >= 11 is 3.62. The Bertz CT molecular complexity index is 587. The summed E-state index contributed by atoms with van der Waals surface area (Å²) in [4.78, 5) is 0. The molecule has 1 atom stereocenters. The summed E-state index contributed by atoms with van der Waals surface area (Å²) in [6.07, 6.45) is 0.900. The lowest BCUT2D eigenvalue weighted by molar-refractivity contribution is 0.462. The van der Waals surface area contributed by atoms with Crippen molar-refractivity contribution >= 4 is 21.6 Å². The van der Waals surface area contributed by atoms with Crippen LogP contribution in [-0.2, 0) is 0 Å². The zero-order chi connectivity index (χ0) is 14.7. The van der Waals surface area contributed by atoms with E-state index in [2.05, 4.69) is 54.2 Å². The van der Waals surface area contributed by atoms with E-state index in [1.165, 1.54) is 11.1 Å². The molecule has 0 aliphatic carbocycles. The van der Waals surface area contributed by atoms with Gasteiger partial charge >= 0.3 is 0 Å². The molecule has 1 unspecified atom stereocenters. The first kappa shape index (κ1) is 14.9. The lowest BCUT2D eigenvalue weighted by atomic mass is 10.0. The molecule has 20 heavy (non-hydrogen) atoms. The maximum absolute atomic E-state index is 10.0. The SMILES string of the molecule is CCC(Nc1c(C)cc(C)cc1Br)c1ccccc1O. The molecule has 2 aromatic carbocycles. The summed E-state index contributed by atoms with van der Waals surface area (Å²) < 4.78 is 1.06. The van der Waals surface area contributed by atoms with Crippen LogP contribution in [0.2, 0.25) is 0 Å². The standard InChI is InChI=1S/C17H20BrNO/c1-4-15(13-7-5-6-8-16(13)20)19-17-12(3)9-11(2)10-14(17)18/h5-10,15,19-20H,4H2,1-3H3. The van der Waals surface area contributed by atoms with Crippen LogP contribution in [-0.4, -0.2) is 5.11 Å². The highest BCUT2D eigenvalue weighted by Crippen LogP contribution is 2.34. The maximum Gasteiger partial charge on any atom is 0.120 e. The first-order chi connectivity index (χ1) is 9.52. The zero-order valence-electron chi connectivity index (χ0n) is 12.1. The molecule has 0 radical (unpaired) electrons. The molecule has 2 aromatic rings. The zero-order valence-corrected chi connectivity index (χ0v) is 13.7. The number of rotatable bonds is 4. The molecular weight excluding hydrogens is 314 g/mol. The molecular formula is C17H20BrNO. The minimum Gasteiger partial charge on any atom is -0.508 e. The summed E-state index contributed by atoms with van der Waals surface area (Å²) in [5.41, 5.74) is 4.45. The molecule has 2 N–H and O–H groups in total. The van der Waals surface area contributed by atoms with Crippen LogP contribution in [0, 0.1) is 13.8 Å². The van der Waals surface area contributed by atoms with Gasteiger partial charge in [0.25, 0.3) is 0 Å². The Morgan fingerprint density at radius 3 is 2.50 bits per heavy atom. The molecule has 0 aromatic heterocycles. The van der Waals surface area contributed by atoms with Crippen molar-refractivity contribution in [1.29, 1.82) is 0 Å². The number of aryl methyl sites for hydroxylation is 2. The van der Waals surface area contributed by atoms with Crippen LogP contribution in [0.25, 0.3) is 0 Å². The van der Waals surface area contributed by atoms with Crippen LogP contribution >= 0.6 is 15.9 Å². The molecule has 0 amide bonds. The summed E-state index contributed by atoms with van der Waals surface area (Å²) in [5, 5.41) is 13.6. The number of halogens is 1. The highest BCUT2D eigenvalue weighted by Gasteiger charge is 2.15. The molecule has 0 heterocycles. The number of para-hydroxylation sites is 1. The molecule has 3 heteroatoms. The van der Waals surface area contributed by atoms with Crippen LogP contribution in [0.3, 0.4) is 0 Å². The van der Waals surface area contributed by atoms with Crippen molar-refractivity contribution in [3.8, 4) is 5.75 Å². The van der Waals surface area contributed by atoms with Gasteiger partial charge in [-0.05, 0) is 59.5 Å². The Hall–Kier alpha value is -1.48. The van der Waals surface area contributed by atoms with Crippen molar-refractivity contribution in [2.75, 3.05) is 5.32 Å². The minimum atomic E-state index is 0.0916. The number of phenolic OH excluding ortho intramolecular Hbond substituents is 1. The van der Waals surface area contributed by atoms with Gasteiger partial charge in [-0.1, -0.05) is 31.2 Å². The molecule has 0 aliphatic heterocycles. The van der Waals surface area contributed by atoms with Crippen LogP contribution in [0.1, 0.15) is 36.1 Å². The van der Waals surface area contributed by atoms with Gasteiger partial charge in [-0.15, -0.1) is 0 Å². The monoisotopic (exact) mass is 333 g/mol. The second kappa shape index (κ2) is 6.31. The number of phenols is 1. The smallest absolute Gasteiger partial charge is 0.120 e. The summed E-state index contributed by atoms with van der Waals surface area (Å²) in [6, 6.07) is 11.9. The van der Waals surface area contributed by atoms with Crippen LogP contribution in [0.15, 0.2) is 40.9 Å². The Labute approximate surface area is 129 Å². The fourth-order valence-electron chi connectivity index (χ4n) is 2.45. The topological polar surface area (TPSA) is 32.3 Å². The molecule has 0 saturated carbocycles. The van der Waals surface area contributed by atoms with Crippen LogP contribution < -0.4 is 5.32 Å². The Kier molecular flexibility index (Phi) is 4.71. The van der Waals surface area contributed by atoms with Crippen molar-refractivity contribution in [3.63, 3.8) is 0 Å². The number of hydrogen-bond acceptors (Lipinski definition) is 2. The van der Waals surface area contributed by atoms with Gasteiger partial charge in [0.15, 0.2) is 0 Å². The number of anilines is 1. The second-order valence-corrected chi connectivity index (χ2v) is 5.96.